The number of pyridine rings is 1. The molecule has 3 N–H and O–H groups in total. The van der Waals surface area contributed by atoms with E-state index >= 15 is 0 Å². The smallest absolute Gasteiger partial charge is 0.226 e. The standard InChI is InChI=1S/C12H17N3O/c1-9-8-14-6-3-10(9)15-11(16)7-12(13)4-2-5-12/h3,6,8H,2,4-5,7,13H2,1H3,(H,14,15,16). The van der Waals surface area contributed by atoms with Gasteiger partial charge in [0.15, 0.2) is 0 Å². The lowest BCUT2D eigenvalue weighted by Gasteiger charge is -2.37. The third-order valence-electron chi connectivity index (χ3n) is 3.16. The Balaban J connectivity index is 1.95. The SMILES string of the molecule is Cc1cnccc1NC(=O)CC1(N)CCC1. The average Bonchev–Trinajstić information content (AvgIpc) is 2.19. The molecule has 4 heteroatoms. The van der Waals surface area contributed by atoms with Gasteiger partial charge in [-0.3, -0.25) is 9.78 Å². The van der Waals surface area contributed by atoms with Crippen molar-refractivity contribution in [1.82, 2.24) is 4.98 Å². The molecule has 1 aromatic rings. The molecule has 0 saturated heterocycles. The number of nitrogens with one attached hydrogen (secondary N) is 1. The largest absolute Gasteiger partial charge is 0.326 e. The summed E-state index contributed by atoms with van der Waals surface area (Å²) in [5.74, 6) is -0.00324. The van der Waals surface area contributed by atoms with E-state index in [0.717, 1.165) is 30.5 Å². The molecule has 1 aliphatic rings. The van der Waals surface area contributed by atoms with Crippen molar-refractivity contribution >= 4 is 11.6 Å². The Morgan fingerprint density at radius 3 is 2.94 bits per heavy atom. The van der Waals surface area contributed by atoms with E-state index in [-0.39, 0.29) is 11.4 Å². The van der Waals surface area contributed by atoms with Crippen LogP contribution < -0.4 is 11.1 Å². The quantitative estimate of drug-likeness (QED) is 0.811. The molecular formula is C12H17N3O. The molecule has 1 amide bonds. The molecule has 86 valence electrons. The van der Waals surface area contributed by atoms with Crippen LogP contribution in [0.1, 0.15) is 31.2 Å². The van der Waals surface area contributed by atoms with E-state index in [4.69, 9.17) is 5.73 Å². The van der Waals surface area contributed by atoms with Crippen molar-refractivity contribution < 1.29 is 4.79 Å². The summed E-state index contributed by atoms with van der Waals surface area (Å²) in [7, 11) is 0. The molecule has 0 unspecified atom stereocenters. The number of hydrogen-bond acceptors (Lipinski definition) is 3. The van der Waals surface area contributed by atoms with Gasteiger partial charge >= 0.3 is 0 Å². The Morgan fingerprint density at radius 2 is 2.38 bits per heavy atom. The fourth-order valence-corrected chi connectivity index (χ4v) is 1.94. The van der Waals surface area contributed by atoms with Gasteiger partial charge in [0.25, 0.3) is 0 Å². The summed E-state index contributed by atoms with van der Waals surface area (Å²) in [5.41, 5.74) is 7.55. The number of aromatic nitrogens is 1. The van der Waals surface area contributed by atoms with Crippen LogP contribution in [0, 0.1) is 6.92 Å². The van der Waals surface area contributed by atoms with Crippen molar-refractivity contribution in [3.8, 4) is 0 Å². The van der Waals surface area contributed by atoms with Crippen LogP contribution in [-0.4, -0.2) is 16.4 Å². The summed E-state index contributed by atoms with van der Waals surface area (Å²) in [6.45, 7) is 1.92. The molecule has 0 spiro atoms. The topological polar surface area (TPSA) is 68.0 Å². The van der Waals surface area contributed by atoms with Crippen molar-refractivity contribution in [2.75, 3.05) is 5.32 Å². The molecule has 1 heterocycles. The van der Waals surface area contributed by atoms with Gasteiger partial charge in [-0.15, -0.1) is 0 Å². The zero-order valence-corrected chi connectivity index (χ0v) is 9.49. The van der Waals surface area contributed by atoms with Crippen molar-refractivity contribution in [2.24, 2.45) is 5.73 Å². The summed E-state index contributed by atoms with van der Waals surface area (Å²) in [6, 6.07) is 1.80. The molecule has 0 aromatic carbocycles. The van der Waals surface area contributed by atoms with Crippen LogP contribution in [-0.2, 0) is 4.79 Å². The Bertz CT molecular complexity index is 399. The van der Waals surface area contributed by atoms with E-state index in [0.29, 0.717) is 6.42 Å². The molecule has 0 bridgehead atoms. The maximum atomic E-state index is 11.8. The molecule has 16 heavy (non-hydrogen) atoms. The van der Waals surface area contributed by atoms with Gasteiger partial charge in [-0.25, -0.2) is 0 Å². The average molecular weight is 219 g/mol. The number of rotatable bonds is 3. The number of amides is 1. The second-order valence-corrected chi connectivity index (χ2v) is 4.63. The molecule has 1 saturated carbocycles. The molecule has 0 atom stereocenters. The lowest BCUT2D eigenvalue weighted by molar-refractivity contribution is -0.118. The van der Waals surface area contributed by atoms with E-state index in [9.17, 15) is 4.79 Å². The van der Waals surface area contributed by atoms with E-state index in [1.165, 1.54) is 0 Å². The molecule has 4 nitrogen and oxygen atoms in total. The van der Waals surface area contributed by atoms with Crippen molar-refractivity contribution in [1.29, 1.82) is 0 Å². The number of nitrogens with zero attached hydrogens (tertiary/aromatic N) is 1. The van der Waals surface area contributed by atoms with Gasteiger partial charge in [-0.05, 0) is 37.8 Å². The summed E-state index contributed by atoms with van der Waals surface area (Å²) < 4.78 is 0. The molecular weight excluding hydrogens is 202 g/mol. The third kappa shape index (κ3) is 2.39. The van der Waals surface area contributed by atoms with Gasteiger partial charge in [0.1, 0.15) is 0 Å². The third-order valence-corrected chi connectivity index (χ3v) is 3.16. The van der Waals surface area contributed by atoms with Gasteiger partial charge in [-0.2, -0.15) is 0 Å². The van der Waals surface area contributed by atoms with Crippen molar-refractivity contribution in [2.45, 2.75) is 38.1 Å². The second kappa shape index (κ2) is 4.22. The second-order valence-electron chi connectivity index (χ2n) is 4.63. The molecule has 1 aliphatic carbocycles. The highest BCUT2D eigenvalue weighted by Gasteiger charge is 2.34. The van der Waals surface area contributed by atoms with Crippen LogP contribution >= 0.6 is 0 Å². The molecule has 1 aromatic heterocycles. The molecule has 2 rings (SSSR count). The predicted molar refractivity (Wildman–Crippen MR) is 63.0 cm³/mol. The number of aryl methyl sites for hydroxylation is 1. The van der Waals surface area contributed by atoms with Crippen LogP contribution in [0.25, 0.3) is 0 Å². The maximum absolute atomic E-state index is 11.8. The van der Waals surface area contributed by atoms with Gasteiger partial charge < -0.3 is 11.1 Å². The Kier molecular flexibility index (Phi) is 2.92. The fraction of sp³-hybridized carbons (Fsp3) is 0.500. The minimum absolute atomic E-state index is 0.00324. The summed E-state index contributed by atoms with van der Waals surface area (Å²) in [4.78, 5) is 15.7. The highest BCUT2D eigenvalue weighted by molar-refractivity contribution is 5.92. The van der Waals surface area contributed by atoms with Crippen LogP contribution in [0.5, 0.6) is 0 Å². The van der Waals surface area contributed by atoms with Gasteiger partial charge in [0.2, 0.25) is 5.91 Å². The van der Waals surface area contributed by atoms with Gasteiger partial charge in [-0.1, -0.05) is 0 Å². The van der Waals surface area contributed by atoms with Crippen LogP contribution in [0.4, 0.5) is 5.69 Å². The lowest BCUT2D eigenvalue weighted by Crippen LogP contribution is -2.48. The number of nitrogens with two attached hydrogens (primary N) is 1. The highest BCUT2D eigenvalue weighted by atomic mass is 16.1. The zero-order valence-electron chi connectivity index (χ0n) is 9.49. The van der Waals surface area contributed by atoms with Crippen LogP contribution in [0.3, 0.4) is 0 Å². The highest BCUT2D eigenvalue weighted by Crippen LogP contribution is 2.32. The maximum Gasteiger partial charge on any atom is 0.226 e. The van der Waals surface area contributed by atoms with E-state index in [1.54, 1.807) is 18.5 Å². The summed E-state index contributed by atoms with van der Waals surface area (Å²) in [6.07, 6.45) is 6.86. The summed E-state index contributed by atoms with van der Waals surface area (Å²) >= 11 is 0. The fourth-order valence-electron chi connectivity index (χ4n) is 1.94. The summed E-state index contributed by atoms with van der Waals surface area (Å²) in [5, 5.41) is 2.88. The van der Waals surface area contributed by atoms with Gasteiger partial charge in [0.05, 0.1) is 0 Å². The molecule has 0 aliphatic heterocycles. The van der Waals surface area contributed by atoms with E-state index in [1.807, 2.05) is 6.92 Å². The Labute approximate surface area is 95.3 Å². The normalized spacial score (nSPS) is 17.6. The van der Waals surface area contributed by atoms with Gasteiger partial charge in [0, 0.05) is 30.0 Å². The number of carbonyl (C=O) groups is 1. The first-order chi connectivity index (χ1) is 7.59. The first kappa shape index (κ1) is 11.1. The minimum Gasteiger partial charge on any atom is -0.326 e. The van der Waals surface area contributed by atoms with Crippen molar-refractivity contribution in [3.63, 3.8) is 0 Å². The number of anilines is 1. The predicted octanol–water partition coefficient (Wildman–Crippen LogP) is 1.60. The van der Waals surface area contributed by atoms with E-state index < -0.39 is 0 Å². The lowest BCUT2D eigenvalue weighted by atomic mass is 9.75. The zero-order chi connectivity index (χ0) is 11.6. The number of hydrogen-bond donors (Lipinski definition) is 2. The van der Waals surface area contributed by atoms with Crippen molar-refractivity contribution in [3.05, 3.63) is 24.0 Å². The minimum atomic E-state index is -0.259. The number of carbonyl (C=O) groups excluding carboxylic acids is 1. The molecule has 1 fully saturated rings. The first-order valence-electron chi connectivity index (χ1n) is 5.58. The first-order valence-corrected chi connectivity index (χ1v) is 5.58. The van der Waals surface area contributed by atoms with Crippen LogP contribution in [0.2, 0.25) is 0 Å². The van der Waals surface area contributed by atoms with E-state index in [2.05, 4.69) is 10.3 Å². The molecule has 0 radical (unpaired) electrons. The Hall–Kier alpha value is -1.42. The van der Waals surface area contributed by atoms with Crippen LogP contribution in [0.15, 0.2) is 18.5 Å². The Morgan fingerprint density at radius 1 is 1.62 bits per heavy atom. The monoisotopic (exact) mass is 219 g/mol.